The van der Waals surface area contributed by atoms with Crippen molar-refractivity contribution in [3.63, 3.8) is 0 Å². The van der Waals surface area contributed by atoms with Crippen LogP contribution in [0.1, 0.15) is 33.6 Å². The first-order chi connectivity index (χ1) is 12.5. The molecule has 0 aliphatic heterocycles. The Labute approximate surface area is 154 Å². The van der Waals surface area contributed by atoms with Crippen molar-refractivity contribution < 1.29 is 18.8 Å². The Bertz CT molecular complexity index is 779. The summed E-state index contributed by atoms with van der Waals surface area (Å²) in [6, 6.07) is 11.4. The van der Waals surface area contributed by atoms with Crippen molar-refractivity contribution in [3.8, 4) is 0 Å². The molecular weight excluding hydrogens is 361 g/mol. The van der Waals surface area contributed by atoms with Gasteiger partial charge >= 0.3 is 0 Å². The lowest BCUT2D eigenvalue weighted by atomic mass is 10.2. The number of rotatable bonds is 6. The summed E-state index contributed by atoms with van der Waals surface area (Å²) >= 11 is 5.75. The van der Waals surface area contributed by atoms with Crippen molar-refractivity contribution in [2.24, 2.45) is 0 Å². The van der Waals surface area contributed by atoms with Crippen LogP contribution < -0.4 is 16.2 Å². The summed E-state index contributed by atoms with van der Waals surface area (Å²) in [5.74, 6) is -1.66. The Morgan fingerprint density at radius 3 is 2.08 bits per heavy atom. The highest BCUT2D eigenvalue weighted by atomic mass is 35.5. The maximum Gasteiger partial charge on any atom is 0.269 e. The van der Waals surface area contributed by atoms with Gasteiger partial charge in [-0.25, -0.2) is 4.39 Å². The highest BCUT2D eigenvalue weighted by Gasteiger charge is 2.08. The van der Waals surface area contributed by atoms with Gasteiger partial charge < -0.3 is 5.32 Å². The van der Waals surface area contributed by atoms with Gasteiger partial charge in [-0.3, -0.25) is 25.2 Å². The smallest absolute Gasteiger partial charge is 0.269 e. The number of hydrazine groups is 1. The van der Waals surface area contributed by atoms with Crippen molar-refractivity contribution >= 4 is 29.3 Å². The third-order valence-corrected chi connectivity index (χ3v) is 3.65. The number of carbonyl (C=O) groups excluding carboxylic acids is 3. The molecule has 0 aliphatic rings. The zero-order chi connectivity index (χ0) is 18.9. The second-order valence-corrected chi connectivity index (χ2v) is 5.81. The second kappa shape index (κ2) is 9.53. The lowest BCUT2D eigenvalue weighted by Gasteiger charge is -2.08. The van der Waals surface area contributed by atoms with Gasteiger partial charge in [0.1, 0.15) is 5.82 Å². The molecule has 2 aromatic rings. The highest BCUT2D eigenvalue weighted by Crippen LogP contribution is 2.09. The zero-order valence-corrected chi connectivity index (χ0v) is 14.5. The minimum Gasteiger partial charge on any atom is -0.352 e. The Morgan fingerprint density at radius 2 is 1.42 bits per heavy atom. The molecule has 26 heavy (non-hydrogen) atoms. The molecule has 0 saturated heterocycles. The van der Waals surface area contributed by atoms with E-state index in [-0.39, 0.29) is 17.9 Å². The lowest BCUT2D eigenvalue weighted by Crippen LogP contribution is -2.41. The number of carbonyl (C=O) groups is 3. The summed E-state index contributed by atoms with van der Waals surface area (Å²) in [4.78, 5) is 35.3. The average molecular weight is 378 g/mol. The minimum atomic E-state index is -0.547. The first-order valence-corrected chi connectivity index (χ1v) is 8.22. The third kappa shape index (κ3) is 6.18. The number of nitrogens with one attached hydrogen (secondary N) is 3. The molecule has 0 spiro atoms. The molecule has 136 valence electrons. The topological polar surface area (TPSA) is 87.3 Å². The van der Waals surface area contributed by atoms with E-state index in [1.807, 2.05) is 0 Å². The summed E-state index contributed by atoms with van der Waals surface area (Å²) in [5, 5.41) is 3.23. The van der Waals surface area contributed by atoms with E-state index < -0.39 is 17.6 Å². The maximum absolute atomic E-state index is 12.8. The number of hydrogen-bond donors (Lipinski definition) is 3. The molecular formula is C18H17ClFN3O3. The molecule has 0 unspecified atom stereocenters. The van der Waals surface area contributed by atoms with Gasteiger partial charge in [0.2, 0.25) is 5.91 Å². The molecule has 2 rings (SSSR count). The molecule has 0 saturated carbocycles. The zero-order valence-electron chi connectivity index (χ0n) is 13.7. The molecule has 0 fully saturated rings. The van der Waals surface area contributed by atoms with E-state index in [1.165, 1.54) is 12.1 Å². The predicted molar refractivity (Wildman–Crippen MR) is 95.0 cm³/mol. The van der Waals surface area contributed by atoms with E-state index in [0.717, 1.165) is 12.1 Å². The van der Waals surface area contributed by atoms with Crippen LogP contribution >= 0.6 is 11.6 Å². The first-order valence-electron chi connectivity index (χ1n) is 7.84. The van der Waals surface area contributed by atoms with Crippen LogP contribution in [0.5, 0.6) is 0 Å². The molecule has 0 bridgehead atoms. The summed E-state index contributed by atoms with van der Waals surface area (Å²) in [5.41, 5.74) is 5.20. The van der Waals surface area contributed by atoms with E-state index >= 15 is 0 Å². The van der Waals surface area contributed by atoms with Crippen molar-refractivity contribution in [2.45, 2.75) is 12.8 Å². The molecule has 8 heteroatoms. The van der Waals surface area contributed by atoms with Crippen molar-refractivity contribution in [1.29, 1.82) is 0 Å². The van der Waals surface area contributed by atoms with E-state index in [0.29, 0.717) is 23.6 Å². The average Bonchev–Trinajstić information content (AvgIpc) is 2.64. The van der Waals surface area contributed by atoms with Crippen molar-refractivity contribution in [2.75, 3.05) is 6.54 Å². The monoisotopic (exact) mass is 377 g/mol. The van der Waals surface area contributed by atoms with E-state index in [4.69, 9.17) is 11.6 Å². The van der Waals surface area contributed by atoms with Crippen LogP contribution in [-0.2, 0) is 4.79 Å². The van der Waals surface area contributed by atoms with Gasteiger partial charge in [-0.15, -0.1) is 0 Å². The molecule has 3 amide bonds. The van der Waals surface area contributed by atoms with Gasteiger partial charge in [0, 0.05) is 29.1 Å². The summed E-state index contributed by atoms with van der Waals surface area (Å²) in [6.45, 7) is 0.306. The van der Waals surface area contributed by atoms with Crippen LogP contribution in [-0.4, -0.2) is 24.3 Å². The van der Waals surface area contributed by atoms with E-state index in [2.05, 4.69) is 16.2 Å². The lowest BCUT2D eigenvalue weighted by molar-refractivity contribution is -0.121. The Hall–Kier alpha value is -2.93. The largest absolute Gasteiger partial charge is 0.352 e. The van der Waals surface area contributed by atoms with Crippen molar-refractivity contribution in [1.82, 2.24) is 16.2 Å². The number of halogens is 2. The fourth-order valence-electron chi connectivity index (χ4n) is 2.02. The van der Waals surface area contributed by atoms with Gasteiger partial charge in [-0.05, 0) is 55.0 Å². The Morgan fingerprint density at radius 1 is 0.846 bits per heavy atom. The molecule has 2 aromatic carbocycles. The van der Waals surface area contributed by atoms with Crippen LogP contribution in [0.2, 0.25) is 5.02 Å². The van der Waals surface area contributed by atoms with Gasteiger partial charge in [0.05, 0.1) is 0 Å². The predicted octanol–water partition coefficient (Wildman–Crippen LogP) is 2.45. The molecule has 0 atom stereocenters. The Kier molecular flexibility index (Phi) is 7.11. The van der Waals surface area contributed by atoms with Crippen LogP contribution in [0.3, 0.4) is 0 Å². The molecule has 0 aromatic heterocycles. The van der Waals surface area contributed by atoms with Crippen LogP contribution in [0, 0.1) is 5.82 Å². The first kappa shape index (κ1) is 19.4. The summed E-state index contributed by atoms with van der Waals surface area (Å²) in [6.07, 6.45) is 0.516. The fraction of sp³-hybridized carbons (Fsp3) is 0.167. The molecule has 0 radical (unpaired) electrons. The quantitative estimate of drug-likeness (QED) is 0.533. The van der Waals surface area contributed by atoms with Crippen LogP contribution in [0.25, 0.3) is 0 Å². The number of amides is 3. The standard InChI is InChI=1S/C18H17ClFN3O3/c19-14-7-3-12(4-8-14)17(25)21-11-1-2-16(24)22-23-18(26)13-5-9-15(20)10-6-13/h3-10H,1-2,11H2,(H,21,25)(H,22,24)(H,23,26). The second-order valence-electron chi connectivity index (χ2n) is 5.38. The van der Waals surface area contributed by atoms with E-state index in [9.17, 15) is 18.8 Å². The van der Waals surface area contributed by atoms with E-state index in [1.54, 1.807) is 24.3 Å². The molecule has 0 aliphatic carbocycles. The normalized spacial score (nSPS) is 10.1. The van der Waals surface area contributed by atoms with Crippen LogP contribution in [0.15, 0.2) is 48.5 Å². The SMILES string of the molecule is O=C(CCCNC(=O)c1ccc(Cl)cc1)NNC(=O)c1ccc(F)cc1. The van der Waals surface area contributed by atoms with Crippen molar-refractivity contribution in [3.05, 3.63) is 70.5 Å². The molecule has 6 nitrogen and oxygen atoms in total. The minimum absolute atomic E-state index is 0.116. The summed E-state index contributed by atoms with van der Waals surface area (Å²) < 4.78 is 12.8. The third-order valence-electron chi connectivity index (χ3n) is 3.39. The van der Waals surface area contributed by atoms with Gasteiger partial charge in [0.25, 0.3) is 11.8 Å². The van der Waals surface area contributed by atoms with Gasteiger partial charge in [-0.1, -0.05) is 11.6 Å². The van der Waals surface area contributed by atoms with Crippen LogP contribution in [0.4, 0.5) is 4.39 Å². The summed E-state index contributed by atoms with van der Waals surface area (Å²) in [7, 11) is 0. The molecule has 3 N–H and O–H groups in total. The molecule has 0 heterocycles. The maximum atomic E-state index is 12.8. The number of benzene rings is 2. The fourth-order valence-corrected chi connectivity index (χ4v) is 2.14. The highest BCUT2D eigenvalue weighted by molar-refractivity contribution is 6.30. The number of hydrogen-bond acceptors (Lipinski definition) is 3. The van der Waals surface area contributed by atoms with Gasteiger partial charge in [0.15, 0.2) is 0 Å². The van der Waals surface area contributed by atoms with Gasteiger partial charge in [-0.2, -0.15) is 0 Å². The Balaban J connectivity index is 1.64.